The van der Waals surface area contributed by atoms with Gasteiger partial charge in [-0.1, -0.05) is 18.2 Å². The van der Waals surface area contributed by atoms with Crippen molar-refractivity contribution in [2.75, 3.05) is 5.73 Å². The molecule has 2 aromatic rings. The fourth-order valence-electron chi connectivity index (χ4n) is 1.84. The van der Waals surface area contributed by atoms with Gasteiger partial charge in [-0.2, -0.15) is 18.3 Å². The predicted molar refractivity (Wildman–Crippen MR) is 70.2 cm³/mol. The Hall–Kier alpha value is -2.51. The third kappa shape index (κ3) is 3.15. The van der Waals surface area contributed by atoms with Crippen LogP contribution in [0.5, 0.6) is 0 Å². The van der Waals surface area contributed by atoms with Crippen LogP contribution in [0.25, 0.3) is 0 Å². The maximum Gasteiger partial charge on any atom is 0.416 e. The zero-order valence-corrected chi connectivity index (χ0v) is 11.1. The first-order chi connectivity index (χ1) is 9.80. The predicted octanol–water partition coefficient (Wildman–Crippen LogP) is 1.95. The third-order valence-electron chi connectivity index (χ3n) is 2.99. The number of hydrogen-bond acceptors (Lipinski definition) is 3. The van der Waals surface area contributed by atoms with Crippen molar-refractivity contribution in [2.45, 2.75) is 12.7 Å². The van der Waals surface area contributed by atoms with Gasteiger partial charge in [-0.05, 0) is 11.6 Å². The molecule has 1 heterocycles. The number of aromatic nitrogens is 2. The van der Waals surface area contributed by atoms with Gasteiger partial charge in [0, 0.05) is 13.6 Å². The number of halogens is 3. The van der Waals surface area contributed by atoms with E-state index in [2.05, 4.69) is 10.4 Å². The van der Waals surface area contributed by atoms with Crippen molar-refractivity contribution in [1.29, 1.82) is 0 Å². The summed E-state index contributed by atoms with van der Waals surface area (Å²) >= 11 is 0. The molecule has 0 aliphatic rings. The van der Waals surface area contributed by atoms with E-state index in [1.165, 1.54) is 29.1 Å². The summed E-state index contributed by atoms with van der Waals surface area (Å²) in [6.07, 6.45) is -3.20. The van der Waals surface area contributed by atoms with E-state index in [1.807, 2.05) is 0 Å². The number of amides is 1. The average Bonchev–Trinajstić information content (AvgIpc) is 2.76. The Bertz CT molecular complexity index is 664. The van der Waals surface area contributed by atoms with Gasteiger partial charge < -0.3 is 11.1 Å². The summed E-state index contributed by atoms with van der Waals surface area (Å²) in [6.45, 7) is -0.247. The Kier molecular flexibility index (Phi) is 3.88. The fraction of sp³-hybridized carbons (Fsp3) is 0.231. The minimum Gasteiger partial charge on any atom is -0.383 e. The van der Waals surface area contributed by atoms with Crippen molar-refractivity contribution >= 4 is 11.7 Å². The molecule has 0 saturated heterocycles. The van der Waals surface area contributed by atoms with E-state index in [0.29, 0.717) is 0 Å². The third-order valence-corrected chi connectivity index (χ3v) is 2.99. The van der Waals surface area contributed by atoms with Gasteiger partial charge >= 0.3 is 6.18 Å². The van der Waals surface area contributed by atoms with Crippen LogP contribution in [0.2, 0.25) is 0 Å². The number of nitrogens with one attached hydrogen (secondary N) is 1. The Morgan fingerprint density at radius 1 is 1.38 bits per heavy atom. The molecular formula is C13H13F3N4O. The van der Waals surface area contributed by atoms with Gasteiger partial charge in [0.05, 0.1) is 11.8 Å². The summed E-state index contributed by atoms with van der Waals surface area (Å²) in [4.78, 5) is 11.9. The Balaban J connectivity index is 2.14. The number of carbonyl (C=O) groups excluding carboxylic acids is 1. The van der Waals surface area contributed by atoms with Crippen LogP contribution < -0.4 is 11.1 Å². The lowest BCUT2D eigenvalue weighted by Crippen LogP contribution is -2.25. The molecule has 112 valence electrons. The highest BCUT2D eigenvalue weighted by Gasteiger charge is 2.32. The van der Waals surface area contributed by atoms with E-state index < -0.39 is 17.6 Å². The number of nitrogen functional groups attached to an aromatic ring is 1. The molecule has 0 saturated carbocycles. The molecule has 2 rings (SSSR count). The van der Waals surface area contributed by atoms with Gasteiger partial charge in [-0.15, -0.1) is 0 Å². The maximum absolute atomic E-state index is 12.8. The topological polar surface area (TPSA) is 72.9 Å². The summed E-state index contributed by atoms with van der Waals surface area (Å²) < 4.78 is 39.8. The van der Waals surface area contributed by atoms with E-state index in [4.69, 9.17) is 5.73 Å². The van der Waals surface area contributed by atoms with Crippen LogP contribution in [-0.4, -0.2) is 15.7 Å². The van der Waals surface area contributed by atoms with E-state index >= 15 is 0 Å². The van der Waals surface area contributed by atoms with Crippen LogP contribution >= 0.6 is 0 Å². The number of carbonyl (C=O) groups is 1. The molecule has 0 bridgehead atoms. The first kappa shape index (κ1) is 14.9. The van der Waals surface area contributed by atoms with Crippen LogP contribution in [0, 0.1) is 0 Å². The lowest BCUT2D eigenvalue weighted by molar-refractivity contribution is -0.138. The molecule has 5 nitrogen and oxygen atoms in total. The van der Waals surface area contributed by atoms with E-state index in [1.54, 1.807) is 7.05 Å². The summed E-state index contributed by atoms with van der Waals surface area (Å²) in [6, 6.07) is 5.07. The zero-order chi connectivity index (χ0) is 15.6. The van der Waals surface area contributed by atoms with E-state index in [-0.39, 0.29) is 23.5 Å². The molecule has 1 amide bonds. The van der Waals surface area contributed by atoms with Crippen LogP contribution in [0.1, 0.15) is 21.5 Å². The maximum atomic E-state index is 12.8. The monoisotopic (exact) mass is 298 g/mol. The highest BCUT2D eigenvalue weighted by Crippen LogP contribution is 2.31. The molecule has 21 heavy (non-hydrogen) atoms. The van der Waals surface area contributed by atoms with Crippen LogP contribution in [0.15, 0.2) is 30.5 Å². The van der Waals surface area contributed by atoms with Gasteiger partial charge in [0.2, 0.25) is 0 Å². The minimum absolute atomic E-state index is 0.0131. The summed E-state index contributed by atoms with van der Waals surface area (Å²) in [7, 11) is 1.56. The first-order valence-corrected chi connectivity index (χ1v) is 6.01. The molecule has 3 N–H and O–H groups in total. The number of nitrogens with two attached hydrogens (primary N) is 1. The van der Waals surface area contributed by atoms with E-state index in [9.17, 15) is 18.0 Å². The normalized spacial score (nSPS) is 11.4. The largest absolute Gasteiger partial charge is 0.416 e. The number of aryl methyl sites for hydroxylation is 1. The molecule has 0 fully saturated rings. The Morgan fingerprint density at radius 3 is 2.62 bits per heavy atom. The van der Waals surface area contributed by atoms with Crippen molar-refractivity contribution in [3.05, 3.63) is 47.2 Å². The number of rotatable bonds is 3. The molecule has 0 radical (unpaired) electrons. The molecule has 0 aliphatic carbocycles. The van der Waals surface area contributed by atoms with Gasteiger partial charge in [0.1, 0.15) is 11.4 Å². The van der Waals surface area contributed by atoms with Gasteiger partial charge in [0.25, 0.3) is 5.91 Å². The van der Waals surface area contributed by atoms with Crippen LogP contribution in [0.4, 0.5) is 19.0 Å². The quantitative estimate of drug-likeness (QED) is 0.909. The average molecular weight is 298 g/mol. The summed E-state index contributed by atoms with van der Waals surface area (Å²) in [5.74, 6) is -0.422. The molecule has 0 atom stereocenters. The Morgan fingerprint density at radius 2 is 2.05 bits per heavy atom. The fourth-order valence-corrected chi connectivity index (χ4v) is 1.84. The minimum atomic E-state index is -4.46. The molecule has 1 aromatic heterocycles. The summed E-state index contributed by atoms with van der Waals surface area (Å²) in [5, 5.41) is 6.21. The number of nitrogens with zero attached hydrogens (tertiary/aromatic N) is 2. The van der Waals surface area contributed by atoms with Gasteiger partial charge in [0.15, 0.2) is 0 Å². The molecule has 8 heteroatoms. The zero-order valence-electron chi connectivity index (χ0n) is 11.1. The smallest absolute Gasteiger partial charge is 0.383 e. The lowest BCUT2D eigenvalue weighted by Gasteiger charge is -2.13. The standard InChI is InChI=1S/C13H13F3N4O/c1-20-11(17)9(7-19-20)12(21)18-6-8-4-2-3-5-10(8)13(14,15)16/h2-5,7H,6,17H2,1H3,(H,18,21). The van der Waals surface area contributed by atoms with Gasteiger partial charge in [-0.3, -0.25) is 9.48 Å². The molecule has 0 unspecified atom stereocenters. The van der Waals surface area contributed by atoms with Crippen molar-refractivity contribution in [2.24, 2.45) is 7.05 Å². The molecule has 0 spiro atoms. The highest BCUT2D eigenvalue weighted by atomic mass is 19.4. The second-order valence-corrected chi connectivity index (χ2v) is 4.40. The number of benzene rings is 1. The second kappa shape index (κ2) is 5.47. The van der Waals surface area contributed by atoms with Crippen LogP contribution in [0.3, 0.4) is 0 Å². The summed E-state index contributed by atoms with van der Waals surface area (Å²) in [5.41, 5.74) is 4.97. The number of anilines is 1. The highest BCUT2D eigenvalue weighted by molar-refractivity contribution is 5.98. The first-order valence-electron chi connectivity index (χ1n) is 6.01. The lowest BCUT2D eigenvalue weighted by atomic mass is 10.1. The van der Waals surface area contributed by atoms with E-state index in [0.717, 1.165) is 6.07 Å². The van der Waals surface area contributed by atoms with Crippen molar-refractivity contribution in [3.8, 4) is 0 Å². The number of alkyl halides is 3. The SMILES string of the molecule is Cn1ncc(C(=O)NCc2ccccc2C(F)(F)F)c1N. The van der Waals surface area contributed by atoms with Crippen LogP contribution in [-0.2, 0) is 19.8 Å². The van der Waals surface area contributed by atoms with Gasteiger partial charge in [-0.25, -0.2) is 0 Å². The Labute approximate surface area is 118 Å². The number of hydrogen-bond donors (Lipinski definition) is 2. The molecule has 0 aliphatic heterocycles. The second-order valence-electron chi connectivity index (χ2n) is 4.40. The van der Waals surface area contributed by atoms with Crippen molar-refractivity contribution in [1.82, 2.24) is 15.1 Å². The molecular weight excluding hydrogens is 285 g/mol. The molecule has 1 aromatic carbocycles. The van der Waals surface area contributed by atoms with Crippen molar-refractivity contribution in [3.63, 3.8) is 0 Å². The van der Waals surface area contributed by atoms with Crippen molar-refractivity contribution < 1.29 is 18.0 Å².